The van der Waals surface area contributed by atoms with Gasteiger partial charge in [0.25, 0.3) is 5.91 Å². The summed E-state index contributed by atoms with van der Waals surface area (Å²) in [4.78, 5) is 14.5. The number of carbonyl (C=O) groups excluding carboxylic acids is 1. The number of hydrogen-bond acceptors (Lipinski definition) is 4. The number of amides is 1. The molecule has 2 heterocycles. The number of thiocarbonyl (C=S) groups is 1. The standard InChI is InChI=1S/C18H15Cl2N3OS2/c1-3-8-22-17(24)15(26-18(22)25)9-13-11(2)21-23(16(13)20)10-12-6-4-5-7-14(12)19/h3-7,9H,1,8,10H2,2H3/b15-9-. The minimum Gasteiger partial charge on any atom is -0.289 e. The van der Waals surface area contributed by atoms with Gasteiger partial charge in [-0.1, -0.05) is 71.5 Å². The number of carbonyl (C=O) groups is 1. The first kappa shape index (κ1) is 19.2. The van der Waals surface area contributed by atoms with Crippen molar-refractivity contribution >= 4 is 63.5 Å². The number of benzene rings is 1. The molecule has 4 nitrogen and oxygen atoms in total. The summed E-state index contributed by atoms with van der Waals surface area (Å²) in [5, 5.41) is 5.60. The monoisotopic (exact) mass is 423 g/mol. The lowest BCUT2D eigenvalue weighted by Gasteiger charge is -2.10. The lowest BCUT2D eigenvalue weighted by atomic mass is 10.2. The molecule has 26 heavy (non-hydrogen) atoms. The lowest BCUT2D eigenvalue weighted by molar-refractivity contribution is -0.121. The Bertz CT molecular complexity index is 937. The van der Waals surface area contributed by atoms with Gasteiger partial charge in [-0.25, -0.2) is 4.68 Å². The van der Waals surface area contributed by atoms with Gasteiger partial charge in [0.1, 0.15) is 9.47 Å². The molecule has 8 heteroatoms. The van der Waals surface area contributed by atoms with Crippen LogP contribution in [-0.4, -0.2) is 31.5 Å². The van der Waals surface area contributed by atoms with Gasteiger partial charge in [-0.15, -0.1) is 6.58 Å². The second kappa shape index (κ2) is 7.96. The predicted molar refractivity (Wildman–Crippen MR) is 113 cm³/mol. The van der Waals surface area contributed by atoms with Crippen LogP contribution in [-0.2, 0) is 11.3 Å². The molecule has 0 unspecified atom stereocenters. The Kier molecular flexibility index (Phi) is 5.87. The first-order valence-corrected chi connectivity index (χ1v) is 9.73. The topological polar surface area (TPSA) is 38.1 Å². The highest BCUT2D eigenvalue weighted by molar-refractivity contribution is 8.26. The van der Waals surface area contributed by atoms with E-state index in [2.05, 4.69) is 11.7 Å². The third-order valence-electron chi connectivity index (χ3n) is 3.85. The number of aromatic nitrogens is 2. The van der Waals surface area contributed by atoms with E-state index < -0.39 is 0 Å². The number of nitrogens with zero attached hydrogens (tertiary/aromatic N) is 3. The molecule has 1 amide bonds. The third-order valence-corrected chi connectivity index (χ3v) is 5.99. The molecule has 0 aliphatic carbocycles. The Morgan fingerprint density at radius 2 is 2.08 bits per heavy atom. The van der Waals surface area contributed by atoms with Gasteiger partial charge in [0.2, 0.25) is 0 Å². The first-order chi connectivity index (χ1) is 12.4. The minimum atomic E-state index is -0.144. The summed E-state index contributed by atoms with van der Waals surface area (Å²) in [6.07, 6.45) is 3.39. The van der Waals surface area contributed by atoms with E-state index in [1.165, 1.54) is 16.7 Å². The van der Waals surface area contributed by atoms with E-state index in [1.54, 1.807) is 16.8 Å². The molecular formula is C18H15Cl2N3OS2. The first-order valence-electron chi connectivity index (χ1n) is 7.75. The van der Waals surface area contributed by atoms with Crippen molar-refractivity contribution in [3.8, 4) is 0 Å². The summed E-state index contributed by atoms with van der Waals surface area (Å²) in [7, 11) is 0. The summed E-state index contributed by atoms with van der Waals surface area (Å²) in [6.45, 7) is 6.34. The van der Waals surface area contributed by atoms with Crippen molar-refractivity contribution in [3.05, 3.63) is 68.8 Å². The van der Waals surface area contributed by atoms with Crippen LogP contribution >= 0.6 is 47.2 Å². The molecule has 2 aromatic rings. The fourth-order valence-corrected chi connectivity index (χ4v) is 4.28. The molecule has 0 atom stereocenters. The summed E-state index contributed by atoms with van der Waals surface area (Å²) < 4.78 is 2.19. The predicted octanol–water partition coefficient (Wildman–Crippen LogP) is 4.93. The van der Waals surface area contributed by atoms with Crippen molar-refractivity contribution in [2.75, 3.05) is 6.54 Å². The highest BCUT2D eigenvalue weighted by atomic mass is 35.5. The number of rotatable bonds is 5. The van der Waals surface area contributed by atoms with E-state index in [9.17, 15) is 4.79 Å². The fraction of sp³-hybridized carbons (Fsp3) is 0.167. The number of halogens is 2. The van der Waals surface area contributed by atoms with Crippen molar-refractivity contribution in [3.63, 3.8) is 0 Å². The molecule has 1 fully saturated rings. The van der Waals surface area contributed by atoms with Crippen LogP contribution in [0.15, 0.2) is 41.8 Å². The summed E-state index contributed by atoms with van der Waals surface area (Å²) in [5.74, 6) is -0.144. The normalized spacial score (nSPS) is 16.0. The van der Waals surface area contributed by atoms with Gasteiger partial charge in [0, 0.05) is 17.1 Å². The molecule has 3 rings (SSSR count). The van der Waals surface area contributed by atoms with Crippen molar-refractivity contribution in [1.82, 2.24) is 14.7 Å². The van der Waals surface area contributed by atoms with Crippen molar-refractivity contribution in [2.24, 2.45) is 0 Å². The van der Waals surface area contributed by atoms with E-state index in [-0.39, 0.29) is 5.91 Å². The molecule has 0 radical (unpaired) electrons. The number of hydrogen-bond donors (Lipinski definition) is 0. The average Bonchev–Trinajstić information content (AvgIpc) is 3.02. The average molecular weight is 424 g/mol. The van der Waals surface area contributed by atoms with E-state index >= 15 is 0 Å². The fourth-order valence-electron chi connectivity index (χ4n) is 2.54. The maximum Gasteiger partial charge on any atom is 0.266 e. The van der Waals surface area contributed by atoms with Gasteiger partial charge in [0.05, 0.1) is 17.1 Å². The second-order valence-corrected chi connectivity index (χ2v) is 8.06. The molecule has 1 aromatic carbocycles. The van der Waals surface area contributed by atoms with Crippen LogP contribution in [0.5, 0.6) is 0 Å². The van der Waals surface area contributed by atoms with Crippen LogP contribution in [0.1, 0.15) is 16.8 Å². The smallest absolute Gasteiger partial charge is 0.266 e. The molecule has 0 N–H and O–H groups in total. The minimum absolute atomic E-state index is 0.144. The van der Waals surface area contributed by atoms with Gasteiger partial charge in [-0.3, -0.25) is 9.69 Å². The highest BCUT2D eigenvalue weighted by Gasteiger charge is 2.31. The molecule has 0 spiro atoms. The quantitative estimate of drug-likeness (QED) is 0.388. The van der Waals surface area contributed by atoms with Gasteiger partial charge in [0.15, 0.2) is 0 Å². The Morgan fingerprint density at radius 3 is 2.77 bits per heavy atom. The maximum absolute atomic E-state index is 12.5. The van der Waals surface area contributed by atoms with Crippen LogP contribution in [0.3, 0.4) is 0 Å². The van der Waals surface area contributed by atoms with Crippen LogP contribution < -0.4 is 0 Å². The largest absolute Gasteiger partial charge is 0.289 e. The van der Waals surface area contributed by atoms with E-state index in [4.69, 9.17) is 35.4 Å². The zero-order chi connectivity index (χ0) is 18.8. The Morgan fingerprint density at radius 1 is 1.35 bits per heavy atom. The number of aryl methyl sites for hydroxylation is 1. The van der Waals surface area contributed by atoms with Crippen molar-refractivity contribution in [2.45, 2.75) is 13.5 Å². The van der Waals surface area contributed by atoms with Crippen LogP contribution in [0.25, 0.3) is 6.08 Å². The molecular weight excluding hydrogens is 409 g/mol. The summed E-state index contributed by atoms with van der Waals surface area (Å²) >= 11 is 19.3. The third kappa shape index (κ3) is 3.74. The molecule has 1 aliphatic rings. The zero-order valence-corrected chi connectivity index (χ0v) is 17.1. The van der Waals surface area contributed by atoms with E-state index in [0.29, 0.717) is 38.1 Å². The van der Waals surface area contributed by atoms with Crippen molar-refractivity contribution < 1.29 is 4.79 Å². The SMILES string of the molecule is C=CCN1C(=O)/C(=C/c2c(C)nn(Cc3ccccc3Cl)c2Cl)SC1=S. The molecule has 134 valence electrons. The Labute approximate surface area is 171 Å². The summed E-state index contributed by atoms with van der Waals surface area (Å²) in [6, 6.07) is 7.54. The van der Waals surface area contributed by atoms with Crippen LogP contribution in [0, 0.1) is 6.92 Å². The molecule has 1 aliphatic heterocycles. The maximum atomic E-state index is 12.5. The summed E-state index contributed by atoms with van der Waals surface area (Å²) in [5.41, 5.74) is 2.36. The second-order valence-electron chi connectivity index (χ2n) is 5.62. The van der Waals surface area contributed by atoms with Gasteiger partial charge < -0.3 is 0 Å². The number of thioether (sulfide) groups is 1. The lowest BCUT2D eigenvalue weighted by Crippen LogP contribution is -2.27. The van der Waals surface area contributed by atoms with E-state index in [0.717, 1.165) is 11.3 Å². The zero-order valence-electron chi connectivity index (χ0n) is 13.9. The molecule has 0 bridgehead atoms. The highest BCUT2D eigenvalue weighted by Crippen LogP contribution is 2.34. The van der Waals surface area contributed by atoms with Gasteiger partial charge in [-0.2, -0.15) is 5.10 Å². The van der Waals surface area contributed by atoms with Crippen molar-refractivity contribution in [1.29, 1.82) is 0 Å². The van der Waals surface area contributed by atoms with Crippen LogP contribution in [0.4, 0.5) is 0 Å². The molecule has 1 saturated heterocycles. The van der Waals surface area contributed by atoms with Crippen LogP contribution in [0.2, 0.25) is 10.2 Å². The van der Waals surface area contributed by atoms with Gasteiger partial charge >= 0.3 is 0 Å². The molecule has 1 aromatic heterocycles. The van der Waals surface area contributed by atoms with Gasteiger partial charge in [-0.05, 0) is 24.6 Å². The molecule has 0 saturated carbocycles. The Balaban J connectivity index is 1.92. The Hall–Kier alpha value is -1.60. The van der Waals surface area contributed by atoms with E-state index in [1.807, 2.05) is 31.2 Å².